The Hall–Kier alpha value is -0.890. The number of pyridine rings is 1. The van der Waals surface area contributed by atoms with Crippen LogP contribution in [0.15, 0.2) is 35.5 Å². The lowest BCUT2D eigenvalue weighted by Crippen LogP contribution is -1.86. The van der Waals surface area contributed by atoms with Gasteiger partial charge in [-0.15, -0.1) is 11.8 Å². The van der Waals surface area contributed by atoms with Gasteiger partial charge in [-0.2, -0.15) is 0 Å². The molecule has 0 aliphatic rings. The van der Waals surface area contributed by atoms with Crippen LogP contribution in [-0.2, 0) is 6.42 Å². The molecule has 0 atom stereocenters. The molecule has 13 heavy (non-hydrogen) atoms. The van der Waals surface area contributed by atoms with Crippen molar-refractivity contribution < 1.29 is 0 Å². The lowest BCUT2D eigenvalue weighted by molar-refractivity contribution is 1.10. The van der Waals surface area contributed by atoms with E-state index in [1.807, 2.05) is 0 Å². The van der Waals surface area contributed by atoms with Crippen LogP contribution in [0, 0.1) is 0 Å². The highest BCUT2D eigenvalue weighted by Gasteiger charge is 2.01. The first-order chi connectivity index (χ1) is 6.35. The molecule has 68 valence electrons. The zero-order valence-corrected chi connectivity index (χ0v) is 8.77. The molecule has 2 rings (SSSR count). The van der Waals surface area contributed by atoms with Gasteiger partial charge in [-0.25, -0.2) is 0 Å². The summed E-state index contributed by atoms with van der Waals surface area (Å²) in [6.45, 7) is 2.20. The van der Waals surface area contributed by atoms with E-state index in [-0.39, 0.29) is 0 Å². The maximum Gasteiger partial charge on any atom is 0.0493 e. The third kappa shape index (κ3) is 1.46. The maximum absolute atomic E-state index is 2.25. The third-order valence-corrected chi connectivity index (χ3v) is 3.01. The number of hydrogen-bond acceptors (Lipinski definition) is 1. The molecule has 0 aliphatic heterocycles. The molecule has 2 aromatic rings. The molecule has 0 aromatic carbocycles. The molecule has 1 nitrogen and oxygen atoms in total. The van der Waals surface area contributed by atoms with E-state index in [0.717, 1.165) is 6.42 Å². The Balaban J connectivity index is 2.67. The van der Waals surface area contributed by atoms with E-state index in [1.54, 1.807) is 11.8 Å². The number of aryl methyl sites for hydroxylation is 1. The smallest absolute Gasteiger partial charge is 0.0493 e. The predicted octanol–water partition coefficient (Wildman–Crippen LogP) is 3.22. The molecule has 0 N–H and O–H groups in total. The zero-order chi connectivity index (χ0) is 9.26. The van der Waals surface area contributed by atoms with Crippen molar-refractivity contribution in [3.05, 3.63) is 36.2 Å². The van der Waals surface area contributed by atoms with Crippen molar-refractivity contribution >= 4 is 17.3 Å². The summed E-state index contributed by atoms with van der Waals surface area (Å²) in [4.78, 5) is 1.33. The van der Waals surface area contributed by atoms with Crippen molar-refractivity contribution in [1.29, 1.82) is 0 Å². The van der Waals surface area contributed by atoms with Crippen molar-refractivity contribution in [2.24, 2.45) is 0 Å². The van der Waals surface area contributed by atoms with Gasteiger partial charge in [0.25, 0.3) is 0 Å². The molecule has 0 fully saturated rings. The van der Waals surface area contributed by atoms with Crippen LogP contribution in [0.4, 0.5) is 0 Å². The second kappa shape index (κ2) is 3.46. The van der Waals surface area contributed by atoms with Gasteiger partial charge in [0.05, 0.1) is 0 Å². The lowest BCUT2D eigenvalue weighted by atomic mass is 10.2. The second-order valence-electron chi connectivity index (χ2n) is 3.06. The van der Waals surface area contributed by atoms with Gasteiger partial charge in [-0.05, 0) is 30.4 Å². The fourth-order valence-corrected chi connectivity index (χ4v) is 2.03. The molecule has 0 amide bonds. The Labute approximate surface area is 82.8 Å². The van der Waals surface area contributed by atoms with Crippen LogP contribution in [-0.4, -0.2) is 10.7 Å². The van der Waals surface area contributed by atoms with E-state index < -0.39 is 0 Å². The highest BCUT2D eigenvalue weighted by atomic mass is 32.2. The van der Waals surface area contributed by atoms with Crippen molar-refractivity contribution in [1.82, 2.24) is 4.40 Å². The van der Waals surface area contributed by atoms with Crippen LogP contribution >= 0.6 is 11.8 Å². The Bertz CT molecular complexity index is 417. The summed E-state index contributed by atoms with van der Waals surface area (Å²) < 4.78 is 2.20. The quantitative estimate of drug-likeness (QED) is 0.659. The van der Waals surface area contributed by atoms with Crippen molar-refractivity contribution in [3.8, 4) is 0 Å². The fourth-order valence-electron chi connectivity index (χ4n) is 1.58. The molecule has 0 bridgehead atoms. The van der Waals surface area contributed by atoms with E-state index in [4.69, 9.17) is 0 Å². The Morgan fingerprint density at radius 2 is 2.31 bits per heavy atom. The molecular weight excluding hydrogens is 178 g/mol. The lowest BCUT2D eigenvalue weighted by Gasteiger charge is -1.99. The molecule has 0 saturated heterocycles. The fraction of sp³-hybridized carbons (Fsp3) is 0.273. The molecule has 2 aromatic heterocycles. The summed E-state index contributed by atoms with van der Waals surface area (Å²) >= 11 is 1.79. The number of nitrogens with zero attached hydrogens (tertiary/aromatic N) is 1. The molecule has 0 saturated carbocycles. The minimum Gasteiger partial charge on any atom is -0.322 e. The van der Waals surface area contributed by atoms with E-state index >= 15 is 0 Å². The van der Waals surface area contributed by atoms with Gasteiger partial charge in [0.2, 0.25) is 0 Å². The summed E-state index contributed by atoms with van der Waals surface area (Å²) in [6, 6.07) is 6.55. The minimum absolute atomic E-state index is 1.10. The zero-order valence-electron chi connectivity index (χ0n) is 7.95. The van der Waals surface area contributed by atoms with E-state index in [0.29, 0.717) is 0 Å². The monoisotopic (exact) mass is 191 g/mol. The Morgan fingerprint density at radius 1 is 1.46 bits per heavy atom. The van der Waals surface area contributed by atoms with Gasteiger partial charge in [-0.1, -0.05) is 13.0 Å². The van der Waals surface area contributed by atoms with Crippen LogP contribution in [0.1, 0.15) is 12.5 Å². The van der Waals surface area contributed by atoms with Crippen LogP contribution < -0.4 is 0 Å². The number of fused-ring (bicyclic) bond motifs is 1. The molecular formula is C11H13NS. The Morgan fingerprint density at radius 3 is 3.00 bits per heavy atom. The van der Waals surface area contributed by atoms with Crippen molar-refractivity contribution in [3.63, 3.8) is 0 Å². The van der Waals surface area contributed by atoms with E-state index in [1.165, 1.54) is 16.0 Å². The van der Waals surface area contributed by atoms with Crippen LogP contribution in [0.3, 0.4) is 0 Å². The molecule has 0 aliphatic carbocycles. The van der Waals surface area contributed by atoms with Gasteiger partial charge >= 0.3 is 0 Å². The summed E-state index contributed by atoms with van der Waals surface area (Å²) in [5, 5.41) is 0. The minimum atomic E-state index is 1.10. The number of thioether (sulfide) groups is 1. The highest BCUT2D eigenvalue weighted by Crippen LogP contribution is 2.21. The predicted molar refractivity (Wildman–Crippen MR) is 58.6 cm³/mol. The van der Waals surface area contributed by atoms with Gasteiger partial charge in [0.1, 0.15) is 0 Å². The van der Waals surface area contributed by atoms with Gasteiger partial charge in [0, 0.05) is 22.8 Å². The van der Waals surface area contributed by atoms with Crippen LogP contribution in [0.5, 0.6) is 0 Å². The number of rotatable bonds is 2. The molecule has 2 heteroatoms. The summed E-state index contributed by atoms with van der Waals surface area (Å²) in [5.74, 6) is 0. The first kappa shape index (κ1) is 8.70. The van der Waals surface area contributed by atoms with Gasteiger partial charge < -0.3 is 4.40 Å². The average Bonchev–Trinajstić information content (AvgIpc) is 2.59. The standard InChI is InChI=1S/C11H13NS/c1-3-9-5-4-6-12-8-10(13-2)7-11(9)12/h4-8H,3H2,1-2H3. The topological polar surface area (TPSA) is 4.41 Å². The summed E-state index contributed by atoms with van der Waals surface area (Å²) in [5.41, 5.74) is 2.76. The highest BCUT2D eigenvalue weighted by molar-refractivity contribution is 7.98. The molecule has 0 spiro atoms. The average molecular weight is 191 g/mol. The van der Waals surface area contributed by atoms with Crippen molar-refractivity contribution in [2.75, 3.05) is 6.26 Å². The summed E-state index contributed by atoms with van der Waals surface area (Å²) in [7, 11) is 0. The van der Waals surface area contributed by atoms with E-state index in [9.17, 15) is 0 Å². The maximum atomic E-state index is 2.25. The number of aromatic nitrogens is 1. The van der Waals surface area contributed by atoms with Gasteiger partial charge in [-0.3, -0.25) is 0 Å². The van der Waals surface area contributed by atoms with Crippen molar-refractivity contribution in [2.45, 2.75) is 18.2 Å². The molecule has 0 unspecified atom stereocenters. The van der Waals surface area contributed by atoms with Crippen LogP contribution in [0.25, 0.3) is 5.52 Å². The second-order valence-corrected chi connectivity index (χ2v) is 3.94. The first-order valence-electron chi connectivity index (χ1n) is 4.48. The number of hydrogen-bond donors (Lipinski definition) is 0. The van der Waals surface area contributed by atoms with Gasteiger partial charge in [0.15, 0.2) is 0 Å². The molecule has 2 heterocycles. The third-order valence-electron chi connectivity index (χ3n) is 2.31. The van der Waals surface area contributed by atoms with E-state index in [2.05, 4.69) is 48.2 Å². The largest absolute Gasteiger partial charge is 0.322 e. The summed E-state index contributed by atoms with van der Waals surface area (Å²) in [6.07, 6.45) is 7.50. The SMILES string of the molecule is CCc1cccn2cc(SC)cc12. The normalized spacial score (nSPS) is 10.9. The Kier molecular flexibility index (Phi) is 2.32. The molecule has 0 radical (unpaired) electrons. The van der Waals surface area contributed by atoms with Crippen LogP contribution in [0.2, 0.25) is 0 Å². The first-order valence-corrected chi connectivity index (χ1v) is 5.71.